The number of pyridine rings is 1. The van der Waals surface area contributed by atoms with Gasteiger partial charge in [0.2, 0.25) is 0 Å². The Morgan fingerprint density at radius 2 is 1.33 bits per heavy atom. The van der Waals surface area contributed by atoms with E-state index < -0.39 is 5.54 Å². The summed E-state index contributed by atoms with van der Waals surface area (Å²) in [5.74, 6) is 0. The maximum atomic E-state index is 9.46. The van der Waals surface area contributed by atoms with E-state index in [0.29, 0.717) is 6.54 Å². The molecule has 3 N–H and O–H groups in total. The molecule has 4 nitrogen and oxygen atoms in total. The van der Waals surface area contributed by atoms with E-state index in [1.807, 2.05) is 36.4 Å². The van der Waals surface area contributed by atoms with E-state index in [1.165, 1.54) is 0 Å². The summed E-state index contributed by atoms with van der Waals surface area (Å²) < 4.78 is 0. The topological polar surface area (TPSA) is 65.4 Å². The molecule has 3 rings (SSSR count). The Labute approximate surface area is 153 Å². The molecule has 130 valence electrons. The molecule has 24 heavy (non-hydrogen) atoms. The molecule has 0 saturated carbocycles. The number of fused-ring (bicyclic) bond motifs is 2. The average molecular weight is 369 g/mol. The molecule has 3 aromatic rings. The van der Waals surface area contributed by atoms with E-state index in [0.717, 1.165) is 27.4 Å². The Hall–Kier alpha value is -1.43. The number of hydrogen-bond donors (Lipinski definition) is 3. The first-order valence-electron chi connectivity index (χ1n) is 7.40. The fourth-order valence-corrected chi connectivity index (χ4v) is 2.58. The molecule has 0 aliphatic rings. The van der Waals surface area contributed by atoms with Gasteiger partial charge in [-0.25, -0.2) is 4.98 Å². The van der Waals surface area contributed by atoms with E-state index >= 15 is 0 Å². The van der Waals surface area contributed by atoms with Crippen molar-refractivity contribution in [2.45, 2.75) is 19.0 Å². The molecule has 0 spiro atoms. The van der Waals surface area contributed by atoms with Gasteiger partial charge in [0.05, 0.1) is 29.8 Å². The number of aliphatic hydroxyl groups excluding tert-OH is 2. The van der Waals surface area contributed by atoms with Gasteiger partial charge in [-0.2, -0.15) is 0 Å². The van der Waals surface area contributed by atoms with E-state index in [1.54, 1.807) is 6.92 Å². The zero-order valence-corrected chi connectivity index (χ0v) is 15.0. The number of nitrogens with zero attached hydrogens (tertiary/aromatic N) is 1. The summed E-state index contributed by atoms with van der Waals surface area (Å²) in [5, 5.41) is 24.4. The zero-order valence-electron chi connectivity index (χ0n) is 13.4. The van der Waals surface area contributed by atoms with Crippen LogP contribution in [0.25, 0.3) is 21.8 Å². The zero-order chi connectivity index (χ0) is 15.6. The van der Waals surface area contributed by atoms with Crippen molar-refractivity contribution in [1.82, 2.24) is 10.3 Å². The number of benzene rings is 2. The summed E-state index contributed by atoms with van der Waals surface area (Å²) in [7, 11) is 0. The van der Waals surface area contributed by atoms with Gasteiger partial charge in [-0.05, 0) is 24.6 Å². The molecular weight excluding hydrogens is 347 g/mol. The quantitative estimate of drug-likeness (QED) is 0.605. The average Bonchev–Trinajstić information content (AvgIpc) is 2.58. The molecule has 0 radical (unpaired) electrons. The first kappa shape index (κ1) is 20.6. The molecule has 0 atom stereocenters. The van der Waals surface area contributed by atoms with Gasteiger partial charge in [-0.3, -0.25) is 0 Å². The lowest BCUT2D eigenvalue weighted by Gasteiger charge is -2.27. The van der Waals surface area contributed by atoms with Crippen molar-refractivity contribution < 1.29 is 10.2 Å². The van der Waals surface area contributed by atoms with Gasteiger partial charge >= 0.3 is 0 Å². The highest BCUT2D eigenvalue weighted by molar-refractivity contribution is 5.97. The van der Waals surface area contributed by atoms with Crippen LogP contribution in [0.4, 0.5) is 0 Å². The predicted octanol–water partition coefficient (Wildman–Crippen LogP) is 3.06. The van der Waals surface area contributed by atoms with Crippen molar-refractivity contribution in [1.29, 1.82) is 0 Å². The minimum Gasteiger partial charge on any atom is -0.394 e. The lowest BCUT2D eigenvalue weighted by molar-refractivity contribution is 0.103. The molecule has 1 heterocycles. The van der Waals surface area contributed by atoms with Crippen LogP contribution in [0.1, 0.15) is 12.5 Å². The number of nitrogens with one attached hydrogen (secondary N) is 1. The van der Waals surface area contributed by atoms with Gasteiger partial charge in [0, 0.05) is 17.3 Å². The fraction of sp³-hybridized carbons (Fsp3) is 0.278. The standard InChI is InChI=1S/C18H20N2O2.2ClH/c1-18(11-21,12-22)19-10-15-13-6-2-4-8-16(13)20-17-9-5-3-7-14(15)17;;/h2-9,19,21-22H,10-12H2,1H3;2*1H. The molecule has 0 bridgehead atoms. The lowest BCUT2D eigenvalue weighted by Crippen LogP contribution is -2.48. The predicted molar refractivity (Wildman–Crippen MR) is 103 cm³/mol. The lowest BCUT2D eigenvalue weighted by atomic mass is 10.00. The SMILES string of the molecule is CC(CO)(CO)NCc1c2ccccc2nc2ccccc12.Cl.Cl. The third-order valence-corrected chi connectivity index (χ3v) is 4.09. The van der Waals surface area contributed by atoms with Crippen molar-refractivity contribution >= 4 is 46.6 Å². The molecule has 1 aromatic heterocycles. The number of hydrogen-bond acceptors (Lipinski definition) is 4. The highest BCUT2D eigenvalue weighted by Crippen LogP contribution is 2.26. The Morgan fingerprint density at radius 1 is 0.875 bits per heavy atom. The number of aliphatic hydroxyl groups is 2. The van der Waals surface area contributed by atoms with Gasteiger partial charge < -0.3 is 15.5 Å². The summed E-state index contributed by atoms with van der Waals surface area (Å²) in [6.45, 7) is 2.12. The van der Waals surface area contributed by atoms with Crippen LogP contribution in [0.3, 0.4) is 0 Å². The van der Waals surface area contributed by atoms with Crippen LogP contribution < -0.4 is 5.32 Å². The molecule has 0 amide bonds. The van der Waals surface area contributed by atoms with Crippen molar-refractivity contribution in [2.75, 3.05) is 13.2 Å². The Kier molecular flexibility index (Phi) is 7.39. The van der Waals surface area contributed by atoms with Crippen molar-refractivity contribution in [2.24, 2.45) is 0 Å². The molecule has 0 aliphatic carbocycles. The van der Waals surface area contributed by atoms with Crippen LogP contribution in [0.2, 0.25) is 0 Å². The third kappa shape index (κ3) is 3.97. The van der Waals surface area contributed by atoms with Crippen molar-refractivity contribution in [3.8, 4) is 0 Å². The minimum absolute atomic E-state index is 0. The maximum absolute atomic E-state index is 9.46. The van der Waals surface area contributed by atoms with Crippen molar-refractivity contribution in [3.05, 3.63) is 54.1 Å². The van der Waals surface area contributed by atoms with Crippen LogP contribution >= 0.6 is 24.8 Å². The Balaban J connectivity index is 0.00000144. The molecule has 0 unspecified atom stereocenters. The summed E-state index contributed by atoms with van der Waals surface area (Å²) in [6, 6.07) is 16.1. The molecule has 0 saturated heterocycles. The van der Waals surface area contributed by atoms with Crippen LogP contribution in [0.5, 0.6) is 0 Å². The van der Waals surface area contributed by atoms with E-state index in [2.05, 4.69) is 17.4 Å². The monoisotopic (exact) mass is 368 g/mol. The summed E-state index contributed by atoms with van der Waals surface area (Å²) >= 11 is 0. The summed E-state index contributed by atoms with van der Waals surface area (Å²) in [6.07, 6.45) is 0. The molecule has 2 aromatic carbocycles. The molecule has 0 fully saturated rings. The second-order valence-electron chi connectivity index (χ2n) is 5.86. The third-order valence-electron chi connectivity index (χ3n) is 4.09. The summed E-state index contributed by atoms with van der Waals surface area (Å²) in [5.41, 5.74) is 2.33. The van der Waals surface area contributed by atoms with Crippen LogP contribution in [-0.4, -0.2) is 33.9 Å². The maximum Gasteiger partial charge on any atom is 0.0713 e. The van der Waals surface area contributed by atoms with Crippen molar-refractivity contribution in [3.63, 3.8) is 0 Å². The van der Waals surface area contributed by atoms with Gasteiger partial charge in [0.25, 0.3) is 0 Å². The smallest absolute Gasteiger partial charge is 0.0713 e. The second kappa shape index (κ2) is 8.60. The minimum atomic E-state index is -0.703. The number of para-hydroxylation sites is 2. The summed E-state index contributed by atoms with van der Waals surface area (Å²) in [4.78, 5) is 4.70. The highest BCUT2D eigenvalue weighted by atomic mass is 35.5. The van der Waals surface area contributed by atoms with E-state index in [4.69, 9.17) is 4.98 Å². The highest BCUT2D eigenvalue weighted by Gasteiger charge is 2.22. The van der Waals surface area contributed by atoms with Gasteiger partial charge in [-0.15, -0.1) is 24.8 Å². The molecule has 6 heteroatoms. The Morgan fingerprint density at radius 3 is 1.79 bits per heavy atom. The normalized spacial score (nSPS) is 11.1. The number of halogens is 2. The number of rotatable bonds is 5. The van der Waals surface area contributed by atoms with Crippen LogP contribution in [-0.2, 0) is 6.54 Å². The fourth-order valence-electron chi connectivity index (χ4n) is 2.58. The molecular formula is C18H22Cl2N2O2. The van der Waals surface area contributed by atoms with E-state index in [9.17, 15) is 10.2 Å². The first-order valence-corrected chi connectivity index (χ1v) is 7.40. The van der Waals surface area contributed by atoms with Gasteiger partial charge in [-0.1, -0.05) is 36.4 Å². The van der Waals surface area contributed by atoms with Crippen LogP contribution in [0, 0.1) is 0 Å². The second-order valence-corrected chi connectivity index (χ2v) is 5.86. The Bertz CT molecular complexity index is 753. The van der Waals surface area contributed by atoms with Gasteiger partial charge in [0.15, 0.2) is 0 Å². The largest absolute Gasteiger partial charge is 0.394 e. The van der Waals surface area contributed by atoms with Gasteiger partial charge in [0.1, 0.15) is 0 Å². The number of aromatic nitrogens is 1. The first-order chi connectivity index (χ1) is 10.7. The molecule has 0 aliphatic heterocycles. The van der Waals surface area contributed by atoms with E-state index in [-0.39, 0.29) is 38.0 Å². The van der Waals surface area contributed by atoms with Crippen LogP contribution in [0.15, 0.2) is 48.5 Å².